The summed E-state index contributed by atoms with van der Waals surface area (Å²) in [6.07, 6.45) is 5.59. The van der Waals surface area contributed by atoms with Crippen LogP contribution in [-0.4, -0.2) is 27.5 Å². The molecule has 0 radical (unpaired) electrons. The van der Waals surface area contributed by atoms with Gasteiger partial charge in [-0.1, -0.05) is 6.42 Å². The number of benzene rings is 1. The van der Waals surface area contributed by atoms with Gasteiger partial charge in [0.25, 0.3) is 5.91 Å². The number of nitriles is 1. The Bertz CT molecular complexity index is 1290. The summed E-state index contributed by atoms with van der Waals surface area (Å²) in [7, 11) is 0. The highest BCUT2D eigenvalue weighted by Gasteiger charge is 2.24. The van der Waals surface area contributed by atoms with Crippen LogP contribution in [-0.2, 0) is 22.4 Å². The molecule has 2 aromatic heterocycles. The van der Waals surface area contributed by atoms with Crippen molar-refractivity contribution >= 4 is 28.2 Å². The third-order valence-electron chi connectivity index (χ3n) is 5.74. The van der Waals surface area contributed by atoms with Crippen molar-refractivity contribution in [2.75, 3.05) is 5.32 Å². The standard InChI is InChI=1S/C24H24N4O4S/c1-14-13-26-24(31)28(14)17-10-8-16(9-11-17)23(30)32-15(2)21(29)27-22-19(12-25)18-6-4-3-5-7-20(18)33-22/h8-11,13,15H,3-7H2,1-2H3,(H,26,31)(H,27,29). The number of rotatable bonds is 5. The lowest BCUT2D eigenvalue weighted by molar-refractivity contribution is -0.123. The SMILES string of the molecule is Cc1c[nH]c(=O)n1-c1ccc(C(=O)OC(C)C(=O)Nc2sc3c(c2C#N)CCCCC3)cc1. The van der Waals surface area contributed by atoms with E-state index in [1.165, 1.54) is 22.8 Å². The third kappa shape index (κ3) is 4.61. The number of carbonyl (C=O) groups is 2. The molecular formula is C24H24N4O4S. The van der Waals surface area contributed by atoms with Crippen LogP contribution in [0.1, 0.15) is 58.2 Å². The van der Waals surface area contributed by atoms with Gasteiger partial charge in [-0.15, -0.1) is 11.3 Å². The molecule has 1 aliphatic rings. The zero-order chi connectivity index (χ0) is 23.5. The molecule has 0 fully saturated rings. The lowest BCUT2D eigenvalue weighted by Gasteiger charge is -2.13. The first-order valence-corrected chi connectivity index (χ1v) is 11.6. The number of aromatic amines is 1. The Morgan fingerprint density at radius 2 is 1.94 bits per heavy atom. The summed E-state index contributed by atoms with van der Waals surface area (Å²) >= 11 is 1.44. The fourth-order valence-electron chi connectivity index (χ4n) is 3.97. The van der Waals surface area contributed by atoms with Gasteiger partial charge in [0.05, 0.1) is 16.8 Å². The number of aromatic nitrogens is 2. The maximum Gasteiger partial charge on any atom is 0.338 e. The predicted octanol–water partition coefficient (Wildman–Crippen LogP) is 3.86. The van der Waals surface area contributed by atoms with Crippen molar-refractivity contribution in [1.82, 2.24) is 9.55 Å². The number of amides is 1. The minimum absolute atomic E-state index is 0.264. The van der Waals surface area contributed by atoms with Gasteiger partial charge in [0.1, 0.15) is 11.1 Å². The largest absolute Gasteiger partial charge is 0.449 e. The molecule has 1 atom stereocenters. The molecular weight excluding hydrogens is 440 g/mol. The second kappa shape index (κ2) is 9.46. The van der Waals surface area contributed by atoms with Crippen LogP contribution in [0, 0.1) is 18.3 Å². The number of fused-ring (bicyclic) bond motifs is 1. The maximum absolute atomic E-state index is 12.7. The van der Waals surface area contributed by atoms with E-state index in [4.69, 9.17) is 4.74 Å². The second-order valence-electron chi connectivity index (χ2n) is 8.03. The Labute approximate surface area is 194 Å². The number of nitrogens with zero attached hydrogens (tertiary/aromatic N) is 2. The molecule has 0 bridgehead atoms. The lowest BCUT2D eigenvalue weighted by Crippen LogP contribution is -2.30. The summed E-state index contributed by atoms with van der Waals surface area (Å²) in [5, 5.41) is 12.9. The molecule has 0 spiro atoms. The Hall–Kier alpha value is -3.64. The number of thiophene rings is 1. The van der Waals surface area contributed by atoms with E-state index in [-0.39, 0.29) is 11.3 Å². The van der Waals surface area contributed by atoms with Gasteiger partial charge < -0.3 is 15.0 Å². The van der Waals surface area contributed by atoms with Crippen LogP contribution in [0.2, 0.25) is 0 Å². The first-order chi connectivity index (χ1) is 15.9. The van der Waals surface area contributed by atoms with Crippen molar-refractivity contribution in [3.8, 4) is 11.8 Å². The van der Waals surface area contributed by atoms with Gasteiger partial charge in [0.15, 0.2) is 6.10 Å². The van der Waals surface area contributed by atoms with Crippen LogP contribution in [0.25, 0.3) is 5.69 Å². The molecule has 9 heteroatoms. The van der Waals surface area contributed by atoms with Gasteiger partial charge in [-0.05, 0) is 69.4 Å². The summed E-state index contributed by atoms with van der Waals surface area (Å²) < 4.78 is 6.83. The summed E-state index contributed by atoms with van der Waals surface area (Å²) in [6, 6.07) is 8.60. The molecule has 0 aliphatic heterocycles. The van der Waals surface area contributed by atoms with Crippen molar-refractivity contribution < 1.29 is 14.3 Å². The van der Waals surface area contributed by atoms with E-state index in [0.29, 0.717) is 16.3 Å². The van der Waals surface area contributed by atoms with Crippen molar-refractivity contribution in [2.45, 2.75) is 52.1 Å². The number of carbonyl (C=O) groups excluding carboxylic acids is 2. The van der Waals surface area contributed by atoms with E-state index in [2.05, 4.69) is 16.4 Å². The Morgan fingerprint density at radius 1 is 1.21 bits per heavy atom. The number of imidazole rings is 1. The van der Waals surface area contributed by atoms with Gasteiger partial charge >= 0.3 is 11.7 Å². The molecule has 3 aromatic rings. The number of H-pyrrole nitrogens is 1. The topological polar surface area (TPSA) is 117 Å². The summed E-state index contributed by atoms with van der Waals surface area (Å²) in [5.41, 5.74) is 2.91. The highest BCUT2D eigenvalue weighted by atomic mass is 32.1. The molecule has 1 aliphatic carbocycles. The number of aryl methyl sites for hydroxylation is 2. The second-order valence-corrected chi connectivity index (χ2v) is 9.14. The van der Waals surface area contributed by atoms with Crippen LogP contribution in [0.3, 0.4) is 0 Å². The van der Waals surface area contributed by atoms with E-state index < -0.39 is 18.0 Å². The van der Waals surface area contributed by atoms with Gasteiger partial charge in [0.2, 0.25) is 0 Å². The molecule has 2 heterocycles. The highest BCUT2D eigenvalue weighted by Crippen LogP contribution is 2.37. The fraction of sp³-hybridized carbons (Fsp3) is 0.333. The van der Waals surface area contributed by atoms with Crippen LogP contribution < -0.4 is 11.0 Å². The maximum atomic E-state index is 12.7. The number of anilines is 1. The molecule has 8 nitrogen and oxygen atoms in total. The number of nitrogens with one attached hydrogen (secondary N) is 2. The predicted molar refractivity (Wildman–Crippen MR) is 125 cm³/mol. The van der Waals surface area contributed by atoms with Crippen molar-refractivity contribution in [3.05, 3.63) is 68.2 Å². The molecule has 1 amide bonds. The van der Waals surface area contributed by atoms with E-state index in [1.54, 1.807) is 37.4 Å². The Balaban J connectivity index is 1.43. The highest BCUT2D eigenvalue weighted by molar-refractivity contribution is 7.16. The van der Waals surface area contributed by atoms with E-state index in [0.717, 1.165) is 48.2 Å². The minimum atomic E-state index is -1.04. The summed E-state index contributed by atoms with van der Waals surface area (Å²) in [6.45, 7) is 3.29. The number of hydrogen-bond acceptors (Lipinski definition) is 6. The van der Waals surface area contributed by atoms with E-state index >= 15 is 0 Å². The van der Waals surface area contributed by atoms with Gasteiger partial charge in [-0.25, -0.2) is 9.59 Å². The van der Waals surface area contributed by atoms with Gasteiger partial charge in [-0.3, -0.25) is 9.36 Å². The number of esters is 1. The Kier molecular flexibility index (Phi) is 6.47. The third-order valence-corrected chi connectivity index (χ3v) is 6.95. The van der Waals surface area contributed by atoms with Crippen LogP contribution in [0.5, 0.6) is 0 Å². The Morgan fingerprint density at radius 3 is 2.61 bits per heavy atom. The lowest BCUT2D eigenvalue weighted by atomic mass is 10.1. The normalized spacial score (nSPS) is 14.0. The molecule has 0 saturated carbocycles. The van der Waals surface area contributed by atoms with Crippen molar-refractivity contribution in [2.24, 2.45) is 0 Å². The average molecular weight is 465 g/mol. The first-order valence-electron chi connectivity index (χ1n) is 10.8. The monoisotopic (exact) mass is 464 g/mol. The van der Waals surface area contributed by atoms with Crippen molar-refractivity contribution in [3.63, 3.8) is 0 Å². The molecule has 33 heavy (non-hydrogen) atoms. The van der Waals surface area contributed by atoms with Crippen LogP contribution in [0.15, 0.2) is 35.3 Å². The van der Waals surface area contributed by atoms with Crippen LogP contribution >= 0.6 is 11.3 Å². The zero-order valence-electron chi connectivity index (χ0n) is 18.4. The average Bonchev–Trinajstić information content (AvgIpc) is 3.21. The molecule has 2 N–H and O–H groups in total. The first kappa shape index (κ1) is 22.6. The molecule has 1 aromatic carbocycles. The van der Waals surface area contributed by atoms with E-state index in [9.17, 15) is 19.6 Å². The number of hydrogen-bond donors (Lipinski definition) is 2. The smallest absolute Gasteiger partial charge is 0.338 e. The molecule has 4 rings (SSSR count). The van der Waals surface area contributed by atoms with Crippen molar-refractivity contribution in [1.29, 1.82) is 5.26 Å². The summed E-state index contributed by atoms with van der Waals surface area (Å²) in [5.74, 6) is -1.13. The number of ether oxygens (including phenoxy) is 1. The van der Waals surface area contributed by atoms with Gasteiger partial charge in [-0.2, -0.15) is 5.26 Å². The quantitative estimate of drug-likeness (QED) is 0.439. The van der Waals surface area contributed by atoms with E-state index in [1.807, 2.05) is 0 Å². The van der Waals surface area contributed by atoms with Gasteiger partial charge in [0, 0.05) is 16.8 Å². The summed E-state index contributed by atoms with van der Waals surface area (Å²) in [4.78, 5) is 40.9. The fourth-order valence-corrected chi connectivity index (χ4v) is 5.21. The molecule has 1 unspecified atom stereocenters. The molecule has 0 saturated heterocycles. The minimum Gasteiger partial charge on any atom is -0.449 e. The zero-order valence-corrected chi connectivity index (χ0v) is 19.3. The van der Waals surface area contributed by atoms with Crippen LogP contribution in [0.4, 0.5) is 5.00 Å². The molecule has 170 valence electrons.